The smallest absolute Gasteiger partial charge is 0.191 e. The van der Waals surface area contributed by atoms with Gasteiger partial charge in [-0.05, 0) is 26.4 Å². The lowest BCUT2D eigenvalue weighted by molar-refractivity contribution is 0.168. The van der Waals surface area contributed by atoms with E-state index in [1.54, 1.807) is 6.26 Å². The Morgan fingerprint density at radius 1 is 1.64 bits per heavy atom. The molecule has 0 aliphatic carbocycles. The van der Waals surface area contributed by atoms with E-state index in [0.717, 1.165) is 31.0 Å². The van der Waals surface area contributed by atoms with Crippen LogP contribution in [0.2, 0.25) is 0 Å². The normalized spacial score (nSPS) is 29.4. The molecule has 0 spiro atoms. The van der Waals surface area contributed by atoms with E-state index in [9.17, 15) is 0 Å². The summed E-state index contributed by atoms with van der Waals surface area (Å²) in [4.78, 5) is 6.65. The van der Waals surface area contributed by atoms with Crippen molar-refractivity contribution in [3.05, 3.63) is 17.8 Å². The van der Waals surface area contributed by atoms with Crippen molar-refractivity contribution in [3.63, 3.8) is 0 Å². The summed E-state index contributed by atoms with van der Waals surface area (Å²) in [5, 5.41) is 0. The molecule has 1 aromatic heterocycles. The Morgan fingerprint density at radius 2 is 2.43 bits per heavy atom. The van der Waals surface area contributed by atoms with E-state index in [4.69, 9.17) is 10.2 Å². The molecule has 4 nitrogen and oxygen atoms in total. The first kappa shape index (κ1) is 9.68. The largest absolute Gasteiger partial charge is 0.449 e. The van der Waals surface area contributed by atoms with E-state index in [1.807, 2.05) is 6.92 Å². The molecule has 1 aliphatic heterocycles. The lowest BCUT2D eigenvalue weighted by Gasteiger charge is -2.34. The molecule has 0 amide bonds. The molecule has 1 aliphatic rings. The predicted octanol–water partition coefficient (Wildman–Crippen LogP) is 1.08. The van der Waals surface area contributed by atoms with Gasteiger partial charge < -0.3 is 10.2 Å². The first-order valence-corrected chi connectivity index (χ1v) is 5.04. The minimum absolute atomic E-state index is 0.299. The van der Waals surface area contributed by atoms with Crippen LogP contribution >= 0.6 is 0 Å². The quantitative estimate of drug-likeness (QED) is 0.728. The zero-order valence-electron chi connectivity index (χ0n) is 8.73. The van der Waals surface area contributed by atoms with Crippen LogP contribution in [0.5, 0.6) is 0 Å². The number of aryl methyl sites for hydroxylation is 1. The zero-order valence-corrected chi connectivity index (χ0v) is 8.73. The highest BCUT2D eigenvalue weighted by Crippen LogP contribution is 2.28. The fourth-order valence-electron chi connectivity index (χ4n) is 1.99. The van der Waals surface area contributed by atoms with Crippen molar-refractivity contribution in [1.82, 2.24) is 9.88 Å². The van der Waals surface area contributed by atoms with Crippen molar-refractivity contribution < 1.29 is 4.42 Å². The van der Waals surface area contributed by atoms with Crippen LogP contribution in [0, 0.1) is 6.92 Å². The van der Waals surface area contributed by atoms with Gasteiger partial charge in [-0.1, -0.05) is 0 Å². The monoisotopic (exact) mass is 195 g/mol. The maximum atomic E-state index is 5.95. The summed E-state index contributed by atoms with van der Waals surface area (Å²) in [5.41, 5.74) is 6.96. The molecule has 2 unspecified atom stereocenters. The highest BCUT2D eigenvalue weighted by molar-refractivity contribution is 5.05. The third kappa shape index (κ3) is 1.81. The predicted molar refractivity (Wildman–Crippen MR) is 53.8 cm³/mol. The van der Waals surface area contributed by atoms with Gasteiger partial charge in [0.2, 0.25) is 0 Å². The van der Waals surface area contributed by atoms with Gasteiger partial charge in [0, 0.05) is 13.0 Å². The molecule has 2 heterocycles. The molecule has 1 aromatic rings. The molecule has 0 aromatic carbocycles. The third-order valence-electron chi connectivity index (χ3n) is 2.89. The zero-order chi connectivity index (χ0) is 10.1. The maximum absolute atomic E-state index is 5.95. The number of piperidine rings is 1. The number of hydrogen-bond donors (Lipinski definition) is 1. The number of oxazole rings is 1. The van der Waals surface area contributed by atoms with Crippen molar-refractivity contribution in [1.29, 1.82) is 0 Å². The Kier molecular flexibility index (Phi) is 2.56. The number of aromatic nitrogens is 1. The van der Waals surface area contributed by atoms with E-state index in [2.05, 4.69) is 16.9 Å². The second-order valence-corrected chi connectivity index (χ2v) is 4.07. The Balaban J connectivity index is 2.15. The molecule has 0 bridgehead atoms. The number of hydrogen-bond acceptors (Lipinski definition) is 4. The van der Waals surface area contributed by atoms with E-state index >= 15 is 0 Å². The molecule has 1 saturated heterocycles. The van der Waals surface area contributed by atoms with Crippen LogP contribution in [0.15, 0.2) is 10.7 Å². The second kappa shape index (κ2) is 3.71. The molecular weight excluding hydrogens is 178 g/mol. The third-order valence-corrected chi connectivity index (χ3v) is 2.89. The summed E-state index contributed by atoms with van der Waals surface area (Å²) in [6.07, 6.45) is 3.79. The Bertz CT molecular complexity index is 310. The molecule has 0 saturated carbocycles. The number of nitrogens with two attached hydrogens (primary N) is 1. The van der Waals surface area contributed by atoms with E-state index in [1.165, 1.54) is 0 Å². The van der Waals surface area contributed by atoms with Gasteiger partial charge in [-0.15, -0.1) is 0 Å². The van der Waals surface area contributed by atoms with Crippen LogP contribution in [0.1, 0.15) is 30.5 Å². The molecular formula is C10H17N3O. The van der Waals surface area contributed by atoms with Crippen molar-refractivity contribution in [2.24, 2.45) is 5.73 Å². The first-order valence-electron chi connectivity index (χ1n) is 5.04. The molecule has 0 radical (unpaired) electrons. The standard InChI is InChI=1S/C10H17N3O/c1-7-12-9(6-14-7)10-5-8(11)3-4-13(10)2/h6,8,10H,3-5,11H2,1-2H3. The van der Waals surface area contributed by atoms with Gasteiger partial charge in [0.15, 0.2) is 5.89 Å². The summed E-state index contributed by atoms with van der Waals surface area (Å²) < 4.78 is 5.22. The van der Waals surface area contributed by atoms with Crippen LogP contribution in [0.3, 0.4) is 0 Å². The SMILES string of the molecule is Cc1nc(C2CC(N)CCN2C)co1. The summed E-state index contributed by atoms with van der Waals surface area (Å²) in [5.74, 6) is 0.729. The van der Waals surface area contributed by atoms with Crippen LogP contribution < -0.4 is 5.73 Å². The average molecular weight is 195 g/mol. The molecule has 2 N–H and O–H groups in total. The summed E-state index contributed by atoms with van der Waals surface area (Å²) >= 11 is 0. The van der Waals surface area contributed by atoms with Crippen LogP contribution in [-0.4, -0.2) is 29.5 Å². The Morgan fingerprint density at radius 3 is 3.07 bits per heavy atom. The van der Waals surface area contributed by atoms with Crippen LogP contribution in [0.4, 0.5) is 0 Å². The Hall–Kier alpha value is -0.870. The lowest BCUT2D eigenvalue weighted by Crippen LogP contribution is -2.40. The average Bonchev–Trinajstić information content (AvgIpc) is 2.56. The maximum Gasteiger partial charge on any atom is 0.191 e. The van der Waals surface area contributed by atoms with Crippen molar-refractivity contribution in [3.8, 4) is 0 Å². The van der Waals surface area contributed by atoms with Gasteiger partial charge in [-0.2, -0.15) is 0 Å². The minimum atomic E-state index is 0.299. The van der Waals surface area contributed by atoms with Crippen molar-refractivity contribution in [2.75, 3.05) is 13.6 Å². The van der Waals surface area contributed by atoms with Crippen LogP contribution in [0.25, 0.3) is 0 Å². The van der Waals surface area contributed by atoms with E-state index in [0.29, 0.717) is 12.1 Å². The van der Waals surface area contributed by atoms with Crippen molar-refractivity contribution in [2.45, 2.75) is 31.8 Å². The minimum Gasteiger partial charge on any atom is -0.449 e. The summed E-state index contributed by atoms with van der Waals surface area (Å²) in [6, 6.07) is 0.629. The lowest BCUT2D eigenvalue weighted by atomic mass is 9.97. The molecule has 2 atom stereocenters. The summed E-state index contributed by atoms with van der Waals surface area (Å²) in [7, 11) is 2.11. The fourth-order valence-corrected chi connectivity index (χ4v) is 1.99. The van der Waals surface area contributed by atoms with Gasteiger partial charge in [0.25, 0.3) is 0 Å². The highest BCUT2D eigenvalue weighted by Gasteiger charge is 2.27. The number of nitrogens with zero attached hydrogens (tertiary/aromatic N) is 2. The van der Waals surface area contributed by atoms with Gasteiger partial charge in [-0.25, -0.2) is 4.98 Å². The molecule has 4 heteroatoms. The first-order chi connectivity index (χ1) is 6.66. The summed E-state index contributed by atoms with van der Waals surface area (Å²) in [6.45, 7) is 2.91. The number of likely N-dealkylation sites (tertiary alicyclic amines) is 1. The van der Waals surface area contributed by atoms with E-state index < -0.39 is 0 Å². The topological polar surface area (TPSA) is 55.3 Å². The Labute approximate surface area is 84.1 Å². The van der Waals surface area contributed by atoms with Gasteiger partial charge in [0.1, 0.15) is 6.26 Å². The fraction of sp³-hybridized carbons (Fsp3) is 0.700. The van der Waals surface area contributed by atoms with Gasteiger partial charge in [0.05, 0.1) is 11.7 Å². The molecule has 2 rings (SSSR count). The number of rotatable bonds is 1. The van der Waals surface area contributed by atoms with E-state index in [-0.39, 0.29) is 0 Å². The van der Waals surface area contributed by atoms with Gasteiger partial charge in [-0.3, -0.25) is 4.90 Å². The van der Waals surface area contributed by atoms with Crippen molar-refractivity contribution >= 4 is 0 Å². The van der Waals surface area contributed by atoms with Gasteiger partial charge >= 0.3 is 0 Å². The second-order valence-electron chi connectivity index (χ2n) is 4.07. The molecule has 78 valence electrons. The molecule has 1 fully saturated rings. The van der Waals surface area contributed by atoms with Crippen LogP contribution in [-0.2, 0) is 0 Å². The highest BCUT2D eigenvalue weighted by atomic mass is 16.3. The molecule has 14 heavy (non-hydrogen) atoms.